The number of pyridine rings is 1. The van der Waals surface area contributed by atoms with E-state index in [0.29, 0.717) is 5.82 Å². The van der Waals surface area contributed by atoms with Crippen LogP contribution in [0.25, 0.3) is 5.82 Å². The third kappa shape index (κ3) is 3.31. The molecule has 0 spiro atoms. The highest BCUT2D eigenvalue weighted by Crippen LogP contribution is 2.17. The summed E-state index contributed by atoms with van der Waals surface area (Å²) in [6, 6.07) is 3.80. The first-order valence-corrected chi connectivity index (χ1v) is 6.70. The van der Waals surface area contributed by atoms with Gasteiger partial charge in [0, 0.05) is 13.1 Å². The second-order valence-electron chi connectivity index (χ2n) is 4.79. The van der Waals surface area contributed by atoms with E-state index in [0.717, 1.165) is 37.8 Å². The van der Waals surface area contributed by atoms with Crippen LogP contribution in [0.15, 0.2) is 24.7 Å². The van der Waals surface area contributed by atoms with E-state index in [1.54, 1.807) is 4.68 Å². The average molecular weight is 311 g/mol. The Morgan fingerprint density at radius 1 is 1.24 bits per heavy atom. The Kier molecular flexibility index (Phi) is 5.11. The Labute approximate surface area is 129 Å². The minimum atomic E-state index is -0.182. The lowest BCUT2D eigenvalue weighted by atomic mass is 10.3. The molecule has 2 N–H and O–H groups in total. The molecular weight excluding hydrogens is 292 g/mol. The van der Waals surface area contributed by atoms with Crippen molar-refractivity contribution in [1.29, 1.82) is 0 Å². The summed E-state index contributed by atoms with van der Waals surface area (Å²) in [6.45, 7) is 5.20. The number of nitrogens with two attached hydrogens (primary N) is 1. The number of anilines is 1. The van der Waals surface area contributed by atoms with Crippen LogP contribution in [0.2, 0.25) is 0 Å². The van der Waals surface area contributed by atoms with Gasteiger partial charge in [0.2, 0.25) is 0 Å². The highest BCUT2D eigenvalue weighted by molar-refractivity contribution is 5.85. The fourth-order valence-corrected chi connectivity index (χ4v) is 2.25. The Bertz CT molecular complexity index is 564. The van der Waals surface area contributed by atoms with Crippen molar-refractivity contribution in [3.63, 3.8) is 0 Å². The Hall–Kier alpha value is -1.70. The summed E-state index contributed by atoms with van der Waals surface area (Å²) in [4.78, 5) is 10.9. The van der Waals surface area contributed by atoms with Crippen molar-refractivity contribution in [2.24, 2.45) is 5.73 Å². The van der Waals surface area contributed by atoms with Gasteiger partial charge in [-0.1, -0.05) is 0 Å². The molecule has 0 radical (unpaired) electrons. The van der Waals surface area contributed by atoms with Crippen molar-refractivity contribution in [2.75, 3.05) is 31.2 Å². The lowest BCUT2D eigenvalue weighted by Crippen LogP contribution is -2.36. The van der Waals surface area contributed by atoms with Crippen molar-refractivity contribution in [3.05, 3.63) is 30.5 Å². The molecule has 1 saturated heterocycles. The molecule has 1 fully saturated rings. The number of aromatic nitrogens is 4. The second-order valence-corrected chi connectivity index (χ2v) is 4.79. The summed E-state index contributed by atoms with van der Waals surface area (Å²) in [5, 5.41) is 4.18. The monoisotopic (exact) mass is 310 g/mol. The van der Waals surface area contributed by atoms with Crippen LogP contribution in [0.3, 0.4) is 0 Å². The van der Waals surface area contributed by atoms with Gasteiger partial charge in [0.15, 0.2) is 11.6 Å². The van der Waals surface area contributed by atoms with Crippen molar-refractivity contribution in [1.82, 2.24) is 19.7 Å². The summed E-state index contributed by atoms with van der Waals surface area (Å²) in [6.07, 6.45) is 3.35. The highest BCUT2D eigenvalue weighted by atomic mass is 35.5. The van der Waals surface area contributed by atoms with Gasteiger partial charge in [-0.05, 0) is 19.1 Å². The van der Waals surface area contributed by atoms with E-state index in [9.17, 15) is 0 Å². The number of hydrogen-bond donors (Lipinski definition) is 1. The zero-order valence-electron chi connectivity index (χ0n) is 11.8. The summed E-state index contributed by atoms with van der Waals surface area (Å²) in [7, 11) is 0. The smallest absolute Gasteiger partial charge is 0.155 e. The van der Waals surface area contributed by atoms with Crippen LogP contribution >= 0.6 is 12.4 Å². The van der Waals surface area contributed by atoms with Gasteiger partial charge < -0.3 is 15.4 Å². The molecule has 2 aromatic rings. The van der Waals surface area contributed by atoms with Gasteiger partial charge in [0.25, 0.3) is 0 Å². The van der Waals surface area contributed by atoms with Crippen molar-refractivity contribution in [2.45, 2.75) is 13.0 Å². The van der Waals surface area contributed by atoms with Crippen LogP contribution in [-0.4, -0.2) is 46.1 Å². The average Bonchev–Trinajstić information content (AvgIpc) is 2.98. The Morgan fingerprint density at radius 3 is 2.62 bits per heavy atom. The van der Waals surface area contributed by atoms with Crippen LogP contribution in [0, 0.1) is 0 Å². The van der Waals surface area contributed by atoms with Gasteiger partial charge in [-0.25, -0.2) is 9.97 Å². The molecule has 8 heteroatoms. The van der Waals surface area contributed by atoms with E-state index < -0.39 is 0 Å². The molecule has 0 saturated carbocycles. The highest BCUT2D eigenvalue weighted by Gasteiger charge is 2.14. The molecule has 0 bridgehead atoms. The number of halogens is 1. The number of hydrogen-bond acceptors (Lipinski definition) is 6. The predicted octanol–water partition coefficient (Wildman–Crippen LogP) is 0.940. The predicted molar refractivity (Wildman–Crippen MR) is 82.0 cm³/mol. The zero-order valence-corrected chi connectivity index (χ0v) is 12.7. The summed E-state index contributed by atoms with van der Waals surface area (Å²) in [5.74, 6) is 1.43. The lowest BCUT2D eigenvalue weighted by molar-refractivity contribution is 0.122. The van der Waals surface area contributed by atoms with Crippen molar-refractivity contribution >= 4 is 18.1 Å². The molecule has 1 aliphatic rings. The molecule has 1 unspecified atom stereocenters. The summed E-state index contributed by atoms with van der Waals surface area (Å²) < 4.78 is 7.02. The van der Waals surface area contributed by atoms with Crippen LogP contribution in [-0.2, 0) is 4.74 Å². The standard InChI is InChI=1S/C13H18N6O.ClH/c1-10(14)13-16-9-17-19(13)12-3-2-11(8-15-12)18-4-6-20-7-5-18;/h2-3,8-10H,4-7,14H2,1H3;1H. The van der Waals surface area contributed by atoms with E-state index in [4.69, 9.17) is 10.5 Å². The first-order chi connectivity index (χ1) is 9.75. The van der Waals surface area contributed by atoms with Gasteiger partial charge >= 0.3 is 0 Å². The molecule has 114 valence electrons. The fraction of sp³-hybridized carbons (Fsp3) is 0.462. The molecule has 3 heterocycles. The molecule has 3 rings (SSSR count). The SMILES string of the molecule is CC(N)c1ncnn1-c1ccc(N2CCOCC2)cn1.Cl. The van der Waals surface area contributed by atoms with Gasteiger partial charge in [0.05, 0.1) is 31.1 Å². The molecule has 1 aliphatic heterocycles. The first-order valence-electron chi connectivity index (χ1n) is 6.70. The van der Waals surface area contributed by atoms with E-state index in [1.807, 2.05) is 25.3 Å². The lowest BCUT2D eigenvalue weighted by Gasteiger charge is -2.28. The second kappa shape index (κ2) is 6.84. The third-order valence-electron chi connectivity index (χ3n) is 3.31. The van der Waals surface area contributed by atoms with Crippen LogP contribution in [0.5, 0.6) is 0 Å². The van der Waals surface area contributed by atoms with Crippen LogP contribution < -0.4 is 10.6 Å². The fourth-order valence-electron chi connectivity index (χ4n) is 2.25. The van der Waals surface area contributed by atoms with Crippen LogP contribution in [0.4, 0.5) is 5.69 Å². The van der Waals surface area contributed by atoms with Crippen molar-refractivity contribution < 1.29 is 4.74 Å². The topological polar surface area (TPSA) is 82.1 Å². The molecule has 21 heavy (non-hydrogen) atoms. The van der Waals surface area contributed by atoms with Gasteiger partial charge in [-0.15, -0.1) is 12.4 Å². The minimum Gasteiger partial charge on any atom is -0.378 e. The molecule has 0 aromatic carbocycles. The molecule has 7 nitrogen and oxygen atoms in total. The number of ether oxygens (including phenoxy) is 1. The van der Waals surface area contributed by atoms with E-state index in [-0.39, 0.29) is 18.4 Å². The maximum Gasteiger partial charge on any atom is 0.155 e. The molecule has 0 aliphatic carbocycles. The van der Waals surface area contributed by atoms with Crippen LogP contribution in [0.1, 0.15) is 18.8 Å². The van der Waals surface area contributed by atoms with Gasteiger partial charge in [-0.3, -0.25) is 0 Å². The normalized spacial score (nSPS) is 16.4. The summed E-state index contributed by atoms with van der Waals surface area (Å²) in [5.41, 5.74) is 6.97. The third-order valence-corrected chi connectivity index (χ3v) is 3.31. The maximum absolute atomic E-state index is 5.87. The quantitative estimate of drug-likeness (QED) is 0.908. The Balaban J connectivity index is 0.00000161. The number of rotatable bonds is 3. The summed E-state index contributed by atoms with van der Waals surface area (Å²) >= 11 is 0. The molecule has 1 atom stereocenters. The largest absolute Gasteiger partial charge is 0.378 e. The molecule has 0 amide bonds. The van der Waals surface area contributed by atoms with Gasteiger partial charge in [-0.2, -0.15) is 9.78 Å². The van der Waals surface area contributed by atoms with Crippen molar-refractivity contribution in [3.8, 4) is 5.82 Å². The molecule has 2 aromatic heterocycles. The van der Waals surface area contributed by atoms with E-state index in [2.05, 4.69) is 20.0 Å². The van der Waals surface area contributed by atoms with E-state index >= 15 is 0 Å². The van der Waals surface area contributed by atoms with E-state index in [1.165, 1.54) is 6.33 Å². The first kappa shape index (κ1) is 15.7. The number of morpholine rings is 1. The maximum atomic E-state index is 5.87. The Morgan fingerprint density at radius 2 is 2.00 bits per heavy atom. The minimum absolute atomic E-state index is 0. The molecular formula is C13H19ClN6O. The zero-order chi connectivity index (χ0) is 13.9. The number of nitrogens with zero attached hydrogens (tertiary/aromatic N) is 5. The van der Waals surface area contributed by atoms with Gasteiger partial charge in [0.1, 0.15) is 6.33 Å².